The number of aromatic nitrogens is 1. The number of carbonyl (C=O) groups excluding carboxylic acids is 1. The van der Waals surface area contributed by atoms with Crippen LogP contribution in [0.4, 0.5) is 0 Å². The van der Waals surface area contributed by atoms with Crippen molar-refractivity contribution >= 4 is 25.4 Å². The molecule has 1 aromatic heterocycles. The van der Waals surface area contributed by atoms with Crippen molar-refractivity contribution in [3.05, 3.63) is 54.0 Å². The second-order valence-corrected chi connectivity index (χ2v) is 9.22. The van der Waals surface area contributed by atoms with Gasteiger partial charge >= 0.3 is 5.97 Å². The molecule has 1 atom stereocenters. The Morgan fingerprint density at radius 2 is 1.97 bits per heavy atom. The molecule has 0 saturated heterocycles. The maximum Gasteiger partial charge on any atom is 0.337 e. The van der Waals surface area contributed by atoms with Crippen LogP contribution in [0.2, 0.25) is 0 Å². The van der Waals surface area contributed by atoms with Crippen molar-refractivity contribution < 1.29 is 28.1 Å². The summed E-state index contributed by atoms with van der Waals surface area (Å²) < 4.78 is 29.6. The van der Waals surface area contributed by atoms with Crippen LogP contribution in [-0.4, -0.2) is 75.6 Å². The molecule has 2 heterocycles. The predicted octanol–water partition coefficient (Wildman–Crippen LogP) is 3.70. The normalized spacial score (nSPS) is 14.6. The fourth-order valence-corrected chi connectivity index (χ4v) is 4.60. The number of nitrogens with zero attached hydrogens (tertiary/aromatic N) is 3. The highest BCUT2D eigenvalue weighted by atomic mass is 31.2. The molecule has 9 nitrogen and oxygen atoms in total. The number of hydrogen-bond donors (Lipinski definition) is 0. The number of esters is 1. The van der Waals surface area contributed by atoms with Crippen LogP contribution in [0.3, 0.4) is 0 Å². The maximum atomic E-state index is 12.4. The van der Waals surface area contributed by atoms with Crippen molar-refractivity contribution in [2.24, 2.45) is 0 Å². The van der Waals surface area contributed by atoms with E-state index in [0.717, 1.165) is 35.2 Å². The predicted molar refractivity (Wildman–Crippen MR) is 128 cm³/mol. The molecule has 0 radical (unpaired) electrons. The molecule has 0 saturated carbocycles. The van der Waals surface area contributed by atoms with Gasteiger partial charge < -0.3 is 24.0 Å². The van der Waals surface area contributed by atoms with E-state index in [0.29, 0.717) is 12.0 Å². The van der Waals surface area contributed by atoms with Crippen molar-refractivity contribution in [2.45, 2.75) is 12.8 Å². The molecule has 0 fully saturated rings. The molecule has 0 bridgehead atoms. The van der Waals surface area contributed by atoms with Crippen LogP contribution in [0, 0.1) is 0 Å². The van der Waals surface area contributed by atoms with Gasteiger partial charge in [-0.3, -0.25) is 13.4 Å². The topological polar surface area (TPSA) is 74.6 Å². The van der Waals surface area contributed by atoms with Crippen LogP contribution in [0.15, 0.2) is 48.4 Å². The average Bonchev–Trinajstić information content (AvgIpc) is 3.17. The third-order valence-corrected chi connectivity index (χ3v) is 6.35. The van der Waals surface area contributed by atoms with E-state index < -0.39 is 14.5 Å². The molecule has 10 heteroatoms. The van der Waals surface area contributed by atoms with E-state index in [1.807, 2.05) is 67.1 Å². The van der Waals surface area contributed by atoms with Crippen LogP contribution < -0.4 is 4.74 Å². The lowest BCUT2D eigenvalue weighted by molar-refractivity contribution is -0.145. The summed E-state index contributed by atoms with van der Waals surface area (Å²) in [6.45, 7) is 0.700. The molecule has 3 rings (SSSR count). The van der Waals surface area contributed by atoms with Gasteiger partial charge in [0.05, 0.1) is 18.2 Å². The monoisotopic (exact) mass is 477 g/mol. The highest BCUT2D eigenvalue weighted by Crippen LogP contribution is 2.45. The summed E-state index contributed by atoms with van der Waals surface area (Å²) >= 11 is 0. The Morgan fingerprint density at radius 3 is 2.67 bits per heavy atom. The minimum Gasteiger partial charge on any atom is -0.497 e. The molecule has 0 spiro atoms. The third kappa shape index (κ3) is 6.79. The molecule has 1 aliphatic rings. The first-order valence-corrected chi connectivity index (χ1v) is 11.7. The van der Waals surface area contributed by atoms with E-state index in [1.165, 1.54) is 0 Å². The summed E-state index contributed by atoms with van der Waals surface area (Å²) in [5.41, 5.74) is 2.64. The van der Waals surface area contributed by atoms with Crippen LogP contribution in [-0.2, 0) is 29.7 Å². The van der Waals surface area contributed by atoms with Crippen molar-refractivity contribution in [3.8, 4) is 5.75 Å². The zero-order chi connectivity index (χ0) is 23.8. The first-order valence-electron chi connectivity index (χ1n) is 10.6. The van der Waals surface area contributed by atoms with Gasteiger partial charge in [0.2, 0.25) is 0 Å². The van der Waals surface area contributed by atoms with Crippen molar-refractivity contribution in [2.75, 3.05) is 55.5 Å². The summed E-state index contributed by atoms with van der Waals surface area (Å²) in [6.07, 6.45) is 8.95. The Bertz CT molecular complexity index is 1000. The van der Waals surface area contributed by atoms with Crippen LogP contribution >= 0.6 is 8.53 Å². The van der Waals surface area contributed by atoms with E-state index in [9.17, 15) is 4.79 Å². The molecule has 0 N–H and O–H groups in total. The summed E-state index contributed by atoms with van der Waals surface area (Å²) in [5, 5.41) is 1.09. The van der Waals surface area contributed by atoms with Gasteiger partial charge in [-0.05, 0) is 44.4 Å². The lowest BCUT2D eigenvalue weighted by Gasteiger charge is -2.19. The van der Waals surface area contributed by atoms with Gasteiger partial charge in [0.1, 0.15) is 5.75 Å². The van der Waals surface area contributed by atoms with Gasteiger partial charge in [0.15, 0.2) is 13.6 Å². The van der Waals surface area contributed by atoms with Gasteiger partial charge in [-0.25, -0.2) is 4.79 Å². The number of methoxy groups -OCH3 is 2. The van der Waals surface area contributed by atoms with E-state index in [4.69, 9.17) is 23.3 Å². The highest BCUT2D eigenvalue weighted by molar-refractivity contribution is 7.45. The van der Waals surface area contributed by atoms with Gasteiger partial charge in [-0.2, -0.15) is 0 Å². The highest BCUT2D eigenvalue weighted by Gasteiger charge is 2.22. The number of benzene rings is 1. The number of rotatable bonds is 12. The Labute approximate surface area is 196 Å². The van der Waals surface area contributed by atoms with E-state index in [2.05, 4.69) is 4.90 Å². The molecule has 0 amide bonds. The Hall–Kier alpha value is -2.42. The first-order chi connectivity index (χ1) is 15.9. The molecule has 1 aliphatic heterocycles. The van der Waals surface area contributed by atoms with E-state index in [1.54, 1.807) is 20.4 Å². The smallest absolute Gasteiger partial charge is 0.337 e. The standard InChI is InChI=1S/C23H32N3O6P/c1-24(2)12-10-18-15-26(22-13-20(29-5)8-9-21(18)22)33(31-16-28-4)32-17-30-23(27)19-7-6-11-25(3)14-19/h6,8-9,11,13-15H,7,10,12,16-17H2,1-5H3. The minimum absolute atomic E-state index is 0.0388. The maximum absolute atomic E-state index is 12.4. The average molecular weight is 477 g/mol. The Morgan fingerprint density at radius 1 is 1.18 bits per heavy atom. The second kappa shape index (κ2) is 12.2. The largest absolute Gasteiger partial charge is 0.497 e. The first kappa shape index (κ1) is 25.2. The molecular formula is C23H32N3O6P. The summed E-state index contributed by atoms with van der Waals surface area (Å²) in [4.78, 5) is 16.4. The fraction of sp³-hybridized carbons (Fsp3) is 0.435. The summed E-state index contributed by atoms with van der Waals surface area (Å²) in [6, 6.07) is 5.93. The van der Waals surface area contributed by atoms with Gasteiger partial charge in [-0.1, -0.05) is 6.08 Å². The lowest BCUT2D eigenvalue weighted by Crippen LogP contribution is -2.16. The quantitative estimate of drug-likeness (QED) is 0.260. The molecular weight excluding hydrogens is 445 g/mol. The molecule has 180 valence electrons. The summed E-state index contributed by atoms with van der Waals surface area (Å²) in [5.74, 6) is 0.314. The number of fused-ring (bicyclic) bond motifs is 1. The molecule has 0 aliphatic carbocycles. The zero-order valence-electron chi connectivity index (χ0n) is 19.8. The number of hydrogen-bond acceptors (Lipinski definition) is 8. The van der Waals surface area contributed by atoms with Crippen molar-refractivity contribution in [1.82, 2.24) is 14.1 Å². The van der Waals surface area contributed by atoms with Gasteiger partial charge in [0.25, 0.3) is 8.53 Å². The Balaban J connectivity index is 1.80. The van der Waals surface area contributed by atoms with Crippen LogP contribution in [0.25, 0.3) is 10.9 Å². The third-order valence-electron chi connectivity index (χ3n) is 5.01. The lowest BCUT2D eigenvalue weighted by atomic mass is 10.1. The molecule has 1 aromatic carbocycles. The van der Waals surface area contributed by atoms with Crippen LogP contribution in [0.1, 0.15) is 12.0 Å². The van der Waals surface area contributed by atoms with E-state index >= 15 is 0 Å². The van der Waals surface area contributed by atoms with Gasteiger partial charge in [0, 0.05) is 51.0 Å². The number of carbonyl (C=O) groups is 1. The number of likely N-dealkylation sites (N-methyl/N-ethyl adjacent to an activating group) is 1. The van der Waals surface area contributed by atoms with Crippen molar-refractivity contribution in [3.63, 3.8) is 0 Å². The number of allylic oxidation sites excluding steroid dienone is 1. The zero-order valence-corrected chi connectivity index (χ0v) is 20.7. The molecule has 2 aromatic rings. The van der Waals surface area contributed by atoms with Gasteiger partial charge in [-0.15, -0.1) is 0 Å². The van der Waals surface area contributed by atoms with Crippen LogP contribution in [0.5, 0.6) is 5.75 Å². The minimum atomic E-state index is -1.64. The molecule has 1 unspecified atom stereocenters. The summed E-state index contributed by atoms with van der Waals surface area (Å²) in [7, 11) is 7.49. The SMILES string of the molecule is COCOP(OCOC(=O)C1=CN(C)C=CC1)n1cc(CCN(C)C)c2ccc(OC)cc21. The van der Waals surface area contributed by atoms with E-state index in [-0.39, 0.29) is 13.6 Å². The second-order valence-electron chi connectivity index (χ2n) is 7.80. The Kier molecular flexibility index (Phi) is 9.29. The van der Waals surface area contributed by atoms with Crippen molar-refractivity contribution in [1.29, 1.82) is 0 Å². The molecule has 33 heavy (non-hydrogen) atoms. The fourth-order valence-electron chi connectivity index (χ4n) is 3.37. The number of ether oxygens (including phenoxy) is 3.